The highest BCUT2D eigenvalue weighted by atomic mass is 79.9. The lowest BCUT2D eigenvalue weighted by atomic mass is 9.72. The summed E-state index contributed by atoms with van der Waals surface area (Å²) in [5.41, 5.74) is 9.05. The van der Waals surface area contributed by atoms with E-state index >= 15 is 0 Å². The van der Waals surface area contributed by atoms with Crippen LogP contribution in [0.3, 0.4) is 0 Å². The fraction of sp³-hybridized carbons (Fsp3) is 0.571. The van der Waals surface area contributed by atoms with Gasteiger partial charge in [-0.1, -0.05) is 28.1 Å². The van der Waals surface area contributed by atoms with E-state index in [9.17, 15) is 0 Å². The number of nitrogens with zero attached hydrogens (tertiary/aromatic N) is 1. The highest BCUT2D eigenvalue weighted by molar-refractivity contribution is 9.10. The smallest absolute Gasteiger partial charge is 0.0410 e. The molecule has 1 saturated heterocycles. The molecule has 1 aliphatic heterocycles. The largest absolute Gasteiger partial charge is 0.321 e. The van der Waals surface area contributed by atoms with Gasteiger partial charge < -0.3 is 10.6 Å². The third-order valence-electron chi connectivity index (χ3n) is 4.33. The fourth-order valence-electron chi connectivity index (χ4n) is 2.91. The Morgan fingerprint density at radius 3 is 2.53 bits per heavy atom. The van der Waals surface area contributed by atoms with Gasteiger partial charge in [-0.15, -0.1) is 0 Å². The molecule has 0 unspecified atom stereocenters. The molecule has 3 rings (SSSR count). The summed E-state index contributed by atoms with van der Waals surface area (Å²) in [7, 11) is 2.17. The van der Waals surface area contributed by atoms with E-state index in [0.29, 0.717) is 5.92 Å². The maximum absolute atomic E-state index is 6.36. The maximum atomic E-state index is 6.36. The van der Waals surface area contributed by atoms with Gasteiger partial charge in [0.15, 0.2) is 0 Å². The van der Waals surface area contributed by atoms with Crippen LogP contribution in [0.15, 0.2) is 22.7 Å². The van der Waals surface area contributed by atoms with Gasteiger partial charge in [0.05, 0.1) is 0 Å². The first-order valence-electron chi connectivity index (χ1n) is 6.36. The van der Waals surface area contributed by atoms with Crippen molar-refractivity contribution in [1.82, 2.24) is 4.90 Å². The molecule has 0 spiro atoms. The number of likely N-dealkylation sites (tertiary alicyclic amines) is 1. The number of halogens is 1. The molecule has 2 nitrogen and oxygen atoms in total. The lowest BCUT2D eigenvalue weighted by Gasteiger charge is -2.40. The molecule has 0 aromatic heterocycles. The normalized spacial score (nSPS) is 24.2. The van der Waals surface area contributed by atoms with Crippen LogP contribution in [0.5, 0.6) is 0 Å². The number of hydrogen-bond donors (Lipinski definition) is 1. The van der Waals surface area contributed by atoms with E-state index in [1.54, 1.807) is 0 Å². The monoisotopic (exact) mass is 294 g/mol. The van der Waals surface area contributed by atoms with Gasteiger partial charge in [0, 0.05) is 29.0 Å². The Bertz CT molecular complexity index is 434. The van der Waals surface area contributed by atoms with Crippen molar-refractivity contribution in [2.75, 3.05) is 20.1 Å². The van der Waals surface area contributed by atoms with Gasteiger partial charge in [-0.25, -0.2) is 0 Å². The minimum Gasteiger partial charge on any atom is -0.321 e. The summed E-state index contributed by atoms with van der Waals surface area (Å²) in [5, 5.41) is 0. The summed E-state index contributed by atoms with van der Waals surface area (Å²) in [6, 6.07) is 6.74. The average molecular weight is 295 g/mol. The van der Waals surface area contributed by atoms with Crippen LogP contribution in [-0.2, 0) is 5.54 Å². The Morgan fingerprint density at radius 1 is 1.35 bits per heavy atom. The molecule has 0 radical (unpaired) electrons. The van der Waals surface area contributed by atoms with E-state index < -0.39 is 0 Å². The lowest BCUT2D eigenvalue weighted by molar-refractivity contribution is 0.189. The standard InChI is InChI=1S/C14H19BrN2/c1-17-8-10(9-17)12-4-3-11(7-13(12)15)14(16)5-2-6-14/h3-4,7,10H,2,5-6,8-9,16H2,1H3. The number of likely N-dealkylation sites (N-methyl/N-ethyl adjacent to an activating group) is 1. The van der Waals surface area contributed by atoms with E-state index in [1.165, 1.54) is 35.1 Å². The zero-order valence-electron chi connectivity index (χ0n) is 10.2. The second-order valence-corrected chi connectivity index (χ2v) is 6.52. The third kappa shape index (κ3) is 1.94. The molecule has 1 aliphatic carbocycles. The molecule has 92 valence electrons. The van der Waals surface area contributed by atoms with Crippen LogP contribution in [0.1, 0.15) is 36.3 Å². The van der Waals surface area contributed by atoms with Crippen molar-refractivity contribution >= 4 is 15.9 Å². The van der Waals surface area contributed by atoms with E-state index in [4.69, 9.17) is 5.73 Å². The maximum Gasteiger partial charge on any atom is 0.0410 e. The van der Waals surface area contributed by atoms with Crippen LogP contribution >= 0.6 is 15.9 Å². The topological polar surface area (TPSA) is 29.3 Å². The summed E-state index contributed by atoms with van der Waals surface area (Å²) in [5.74, 6) is 0.693. The van der Waals surface area contributed by atoms with Crippen molar-refractivity contribution in [1.29, 1.82) is 0 Å². The van der Waals surface area contributed by atoms with Crippen LogP contribution in [0.25, 0.3) is 0 Å². The van der Waals surface area contributed by atoms with E-state index in [2.05, 4.69) is 46.1 Å². The number of hydrogen-bond acceptors (Lipinski definition) is 2. The molecule has 0 amide bonds. The molecule has 1 aromatic carbocycles. The van der Waals surface area contributed by atoms with Gasteiger partial charge in [-0.05, 0) is 43.5 Å². The molecule has 2 aliphatic rings. The van der Waals surface area contributed by atoms with Crippen LogP contribution in [0.4, 0.5) is 0 Å². The van der Waals surface area contributed by atoms with Crippen LogP contribution in [0, 0.1) is 0 Å². The summed E-state index contributed by atoms with van der Waals surface area (Å²) in [4.78, 5) is 2.35. The SMILES string of the molecule is CN1CC(c2ccc(C3(N)CCC3)cc2Br)C1. The highest BCUT2D eigenvalue weighted by Gasteiger charge is 2.35. The molecule has 1 saturated carbocycles. The van der Waals surface area contributed by atoms with Gasteiger partial charge in [-0.3, -0.25) is 0 Å². The molecule has 1 heterocycles. The summed E-state index contributed by atoms with van der Waals surface area (Å²) in [6.45, 7) is 2.34. The quantitative estimate of drug-likeness (QED) is 0.909. The van der Waals surface area contributed by atoms with Gasteiger partial charge in [0.25, 0.3) is 0 Å². The van der Waals surface area contributed by atoms with Crippen LogP contribution < -0.4 is 5.73 Å². The first kappa shape index (κ1) is 11.7. The number of nitrogens with two attached hydrogens (primary N) is 1. The fourth-order valence-corrected chi connectivity index (χ4v) is 3.61. The average Bonchev–Trinajstić information content (AvgIpc) is 2.22. The highest BCUT2D eigenvalue weighted by Crippen LogP contribution is 2.41. The number of benzene rings is 1. The molecule has 1 aromatic rings. The zero-order chi connectivity index (χ0) is 12.0. The van der Waals surface area contributed by atoms with E-state index in [-0.39, 0.29) is 5.54 Å². The second-order valence-electron chi connectivity index (χ2n) is 5.66. The number of rotatable bonds is 2. The van der Waals surface area contributed by atoms with Crippen molar-refractivity contribution in [3.05, 3.63) is 33.8 Å². The Hall–Kier alpha value is -0.380. The van der Waals surface area contributed by atoms with Gasteiger partial charge in [0.2, 0.25) is 0 Å². The van der Waals surface area contributed by atoms with Crippen molar-refractivity contribution in [2.45, 2.75) is 30.7 Å². The van der Waals surface area contributed by atoms with Crippen molar-refractivity contribution in [2.24, 2.45) is 5.73 Å². The van der Waals surface area contributed by atoms with Crippen LogP contribution in [-0.4, -0.2) is 25.0 Å². The van der Waals surface area contributed by atoms with Gasteiger partial charge in [0.1, 0.15) is 0 Å². The molecule has 2 N–H and O–H groups in total. The summed E-state index contributed by atoms with van der Waals surface area (Å²) < 4.78 is 1.24. The minimum absolute atomic E-state index is 0.0442. The van der Waals surface area contributed by atoms with Gasteiger partial charge in [-0.2, -0.15) is 0 Å². The molecule has 2 fully saturated rings. The van der Waals surface area contributed by atoms with Crippen LogP contribution in [0.2, 0.25) is 0 Å². The second kappa shape index (κ2) is 4.08. The third-order valence-corrected chi connectivity index (χ3v) is 5.01. The Balaban J connectivity index is 1.84. The zero-order valence-corrected chi connectivity index (χ0v) is 11.8. The Labute approximate surface area is 111 Å². The molecule has 0 bridgehead atoms. The van der Waals surface area contributed by atoms with Crippen molar-refractivity contribution in [3.63, 3.8) is 0 Å². The molecular formula is C14H19BrN2. The molecule has 3 heteroatoms. The predicted octanol–water partition coefficient (Wildman–Crippen LogP) is 2.82. The van der Waals surface area contributed by atoms with Gasteiger partial charge >= 0.3 is 0 Å². The first-order valence-corrected chi connectivity index (χ1v) is 7.15. The Morgan fingerprint density at radius 2 is 2.06 bits per heavy atom. The molecule has 17 heavy (non-hydrogen) atoms. The van der Waals surface area contributed by atoms with E-state index in [0.717, 1.165) is 12.8 Å². The molecular weight excluding hydrogens is 276 g/mol. The summed E-state index contributed by atoms with van der Waals surface area (Å²) >= 11 is 3.71. The predicted molar refractivity (Wildman–Crippen MR) is 74.1 cm³/mol. The van der Waals surface area contributed by atoms with E-state index in [1.807, 2.05) is 0 Å². The lowest BCUT2D eigenvalue weighted by Crippen LogP contribution is -2.44. The first-order chi connectivity index (χ1) is 8.08. The minimum atomic E-state index is -0.0442. The van der Waals surface area contributed by atoms with Crippen molar-refractivity contribution in [3.8, 4) is 0 Å². The Kier molecular flexibility index (Phi) is 2.80. The summed E-state index contributed by atoms with van der Waals surface area (Å²) in [6.07, 6.45) is 3.53. The van der Waals surface area contributed by atoms with Crippen molar-refractivity contribution < 1.29 is 0 Å². The molecule has 0 atom stereocenters.